The molecule has 0 saturated carbocycles. The monoisotopic (exact) mass is 274 g/mol. The molecule has 0 aliphatic rings. The van der Waals surface area contributed by atoms with Gasteiger partial charge in [-0.3, -0.25) is 4.98 Å². The molecule has 0 aliphatic heterocycles. The molecule has 2 aromatic carbocycles. The molecule has 1 heterocycles. The predicted octanol–water partition coefficient (Wildman–Crippen LogP) is 3.88. The molecule has 3 nitrogen and oxygen atoms in total. The van der Waals surface area contributed by atoms with Gasteiger partial charge in [-0.2, -0.15) is 5.26 Å². The molecule has 0 bridgehead atoms. The molecule has 21 heavy (non-hydrogen) atoms. The zero-order valence-electron chi connectivity index (χ0n) is 11.5. The van der Waals surface area contributed by atoms with E-state index in [1.165, 1.54) is 0 Å². The second kappa shape index (κ2) is 6.06. The van der Waals surface area contributed by atoms with E-state index in [0.29, 0.717) is 13.0 Å². The van der Waals surface area contributed by atoms with Gasteiger partial charge in [0.15, 0.2) is 0 Å². The zero-order chi connectivity index (χ0) is 14.5. The topological polar surface area (TPSA) is 45.9 Å². The molecule has 1 aromatic heterocycles. The lowest BCUT2D eigenvalue weighted by atomic mass is 10.1. The molecule has 0 amide bonds. The third-order valence-electron chi connectivity index (χ3n) is 3.28. The van der Waals surface area contributed by atoms with Crippen molar-refractivity contribution in [1.82, 2.24) is 4.98 Å². The van der Waals surface area contributed by atoms with E-state index in [9.17, 15) is 0 Å². The van der Waals surface area contributed by atoms with Gasteiger partial charge in [0.1, 0.15) is 12.4 Å². The first-order valence-electron chi connectivity index (χ1n) is 6.77. The Balaban J connectivity index is 1.69. The van der Waals surface area contributed by atoms with E-state index in [2.05, 4.69) is 17.1 Å². The fraction of sp³-hybridized carbons (Fsp3) is 0.111. The van der Waals surface area contributed by atoms with Gasteiger partial charge in [-0.1, -0.05) is 24.3 Å². The van der Waals surface area contributed by atoms with Crippen LogP contribution in [0.3, 0.4) is 0 Å². The second-order valence-electron chi connectivity index (χ2n) is 4.80. The first kappa shape index (κ1) is 13.1. The molecular weight excluding hydrogens is 260 g/mol. The molecule has 0 spiro atoms. The highest BCUT2D eigenvalue weighted by Crippen LogP contribution is 2.17. The summed E-state index contributed by atoms with van der Waals surface area (Å²) in [5.74, 6) is 0.808. The van der Waals surface area contributed by atoms with Gasteiger partial charge in [0.05, 0.1) is 18.0 Å². The van der Waals surface area contributed by atoms with Crippen molar-refractivity contribution in [3.8, 4) is 11.8 Å². The summed E-state index contributed by atoms with van der Waals surface area (Å²) in [4.78, 5) is 4.30. The van der Waals surface area contributed by atoms with E-state index in [0.717, 1.165) is 27.8 Å². The standard InChI is InChI=1S/C18H14N2O/c19-10-9-14-3-6-17(7-4-14)21-13-15-5-8-18-16(12-15)2-1-11-20-18/h1-8,11-12H,9,13H2. The van der Waals surface area contributed by atoms with Crippen LogP contribution in [0.4, 0.5) is 0 Å². The predicted molar refractivity (Wildman–Crippen MR) is 81.8 cm³/mol. The molecule has 0 saturated heterocycles. The van der Waals surface area contributed by atoms with E-state index in [-0.39, 0.29) is 0 Å². The van der Waals surface area contributed by atoms with Gasteiger partial charge in [-0.25, -0.2) is 0 Å². The van der Waals surface area contributed by atoms with Crippen molar-refractivity contribution in [1.29, 1.82) is 5.26 Å². The van der Waals surface area contributed by atoms with Crippen molar-refractivity contribution in [2.24, 2.45) is 0 Å². The molecule has 0 radical (unpaired) electrons. The summed E-state index contributed by atoms with van der Waals surface area (Å²) in [7, 11) is 0. The molecule has 0 atom stereocenters. The third kappa shape index (κ3) is 3.18. The molecule has 102 valence electrons. The normalized spacial score (nSPS) is 10.2. The number of benzene rings is 2. The van der Waals surface area contributed by atoms with Gasteiger partial charge in [-0.05, 0) is 41.5 Å². The van der Waals surface area contributed by atoms with Gasteiger partial charge >= 0.3 is 0 Å². The summed E-state index contributed by atoms with van der Waals surface area (Å²) in [6, 6.07) is 19.9. The third-order valence-corrected chi connectivity index (χ3v) is 3.28. The first-order chi connectivity index (χ1) is 10.3. The Labute approximate surface area is 123 Å². The number of rotatable bonds is 4. The average molecular weight is 274 g/mol. The van der Waals surface area contributed by atoms with Crippen LogP contribution < -0.4 is 4.74 Å². The number of aromatic nitrogens is 1. The number of ether oxygens (including phenoxy) is 1. The van der Waals surface area contributed by atoms with Crippen LogP contribution in [-0.4, -0.2) is 4.98 Å². The van der Waals surface area contributed by atoms with Crippen LogP contribution >= 0.6 is 0 Å². The van der Waals surface area contributed by atoms with Crippen molar-refractivity contribution < 1.29 is 4.74 Å². The Hall–Kier alpha value is -2.86. The zero-order valence-corrected chi connectivity index (χ0v) is 11.5. The van der Waals surface area contributed by atoms with Gasteiger partial charge in [0.25, 0.3) is 0 Å². The number of nitrogens with zero attached hydrogens (tertiary/aromatic N) is 2. The number of pyridine rings is 1. The fourth-order valence-electron chi connectivity index (χ4n) is 2.18. The maximum Gasteiger partial charge on any atom is 0.119 e. The maximum absolute atomic E-state index is 8.64. The minimum Gasteiger partial charge on any atom is -0.489 e. The lowest BCUT2D eigenvalue weighted by molar-refractivity contribution is 0.306. The molecule has 3 aromatic rings. The van der Waals surface area contributed by atoms with Crippen LogP contribution in [0.5, 0.6) is 5.75 Å². The van der Waals surface area contributed by atoms with Crippen molar-refractivity contribution >= 4 is 10.9 Å². The minimum atomic E-state index is 0.429. The lowest BCUT2D eigenvalue weighted by Crippen LogP contribution is -1.95. The molecule has 0 unspecified atom stereocenters. The Morgan fingerprint density at radius 1 is 1.00 bits per heavy atom. The average Bonchev–Trinajstić information content (AvgIpc) is 2.54. The highest BCUT2D eigenvalue weighted by Gasteiger charge is 1.99. The summed E-state index contributed by atoms with van der Waals surface area (Å²) < 4.78 is 5.77. The van der Waals surface area contributed by atoms with E-state index in [4.69, 9.17) is 10.00 Å². The highest BCUT2D eigenvalue weighted by atomic mass is 16.5. The van der Waals surface area contributed by atoms with Gasteiger partial charge in [0, 0.05) is 11.6 Å². The Morgan fingerprint density at radius 2 is 1.81 bits per heavy atom. The van der Waals surface area contributed by atoms with E-state index in [1.807, 2.05) is 48.5 Å². The SMILES string of the molecule is N#CCc1ccc(OCc2ccc3ncccc3c2)cc1. The van der Waals surface area contributed by atoms with Crippen LogP contribution in [0.15, 0.2) is 60.8 Å². The molecule has 0 N–H and O–H groups in total. The van der Waals surface area contributed by atoms with Crippen molar-refractivity contribution in [2.45, 2.75) is 13.0 Å². The summed E-state index contributed by atoms with van der Waals surface area (Å²) in [6.07, 6.45) is 2.22. The molecule has 0 fully saturated rings. The Bertz CT molecular complexity index is 788. The first-order valence-corrected chi connectivity index (χ1v) is 6.77. The van der Waals surface area contributed by atoms with Crippen LogP contribution in [0.2, 0.25) is 0 Å². The molecule has 3 rings (SSSR count). The summed E-state index contributed by atoms with van der Waals surface area (Å²) >= 11 is 0. The van der Waals surface area contributed by atoms with E-state index in [1.54, 1.807) is 6.20 Å². The van der Waals surface area contributed by atoms with Gasteiger partial charge < -0.3 is 4.74 Å². The smallest absolute Gasteiger partial charge is 0.119 e. The molecule has 0 aliphatic carbocycles. The maximum atomic E-state index is 8.64. The van der Waals surface area contributed by atoms with Crippen LogP contribution in [0, 0.1) is 11.3 Å². The Morgan fingerprint density at radius 3 is 2.62 bits per heavy atom. The van der Waals surface area contributed by atoms with E-state index < -0.39 is 0 Å². The minimum absolute atomic E-state index is 0.429. The number of nitriles is 1. The van der Waals surface area contributed by atoms with Crippen LogP contribution in [0.25, 0.3) is 10.9 Å². The van der Waals surface area contributed by atoms with Crippen molar-refractivity contribution in [3.63, 3.8) is 0 Å². The lowest BCUT2D eigenvalue weighted by Gasteiger charge is -2.07. The highest BCUT2D eigenvalue weighted by molar-refractivity contribution is 5.78. The van der Waals surface area contributed by atoms with Crippen molar-refractivity contribution in [3.05, 3.63) is 71.9 Å². The second-order valence-corrected chi connectivity index (χ2v) is 4.80. The number of fused-ring (bicyclic) bond motifs is 1. The van der Waals surface area contributed by atoms with Crippen molar-refractivity contribution in [2.75, 3.05) is 0 Å². The summed E-state index contributed by atoms with van der Waals surface area (Å²) in [5, 5.41) is 9.76. The van der Waals surface area contributed by atoms with Gasteiger partial charge in [0.2, 0.25) is 0 Å². The van der Waals surface area contributed by atoms with E-state index >= 15 is 0 Å². The largest absolute Gasteiger partial charge is 0.489 e. The summed E-state index contributed by atoms with van der Waals surface area (Å²) in [6.45, 7) is 0.516. The number of hydrogen-bond acceptors (Lipinski definition) is 3. The number of hydrogen-bond donors (Lipinski definition) is 0. The molecular formula is C18H14N2O. The molecule has 3 heteroatoms. The fourth-order valence-corrected chi connectivity index (χ4v) is 2.18. The van der Waals surface area contributed by atoms with Gasteiger partial charge in [-0.15, -0.1) is 0 Å². The van der Waals surface area contributed by atoms with Crippen LogP contribution in [-0.2, 0) is 13.0 Å². The Kier molecular flexibility index (Phi) is 3.79. The summed E-state index contributed by atoms with van der Waals surface area (Å²) in [5.41, 5.74) is 3.10. The quantitative estimate of drug-likeness (QED) is 0.725. The van der Waals surface area contributed by atoms with Crippen LogP contribution in [0.1, 0.15) is 11.1 Å².